The average Bonchev–Trinajstić information content (AvgIpc) is 2.33. The van der Waals surface area contributed by atoms with Gasteiger partial charge in [0.2, 0.25) is 0 Å². The quantitative estimate of drug-likeness (QED) is 0.864. The Morgan fingerprint density at radius 1 is 1.06 bits per heavy atom. The lowest BCUT2D eigenvalue weighted by Crippen LogP contribution is -2.09. The van der Waals surface area contributed by atoms with E-state index in [1.807, 2.05) is 18.2 Å². The van der Waals surface area contributed by atoms with Crippen molar-refractivity contribution in [3.8, 4) is 0 Å². The van der Waals surface area contributed by atoms with Gasteiger partial charge in [0.05, 0.1) is 12.1 Å². The maximum absolute atomic E-state index is 11.7. The van der Waals surface area contributed by atoms with Gasteiger partial charge in [-0.15, -0.1) is 5.10 Å². The molecule has 86 valence electrons. The molecule has 0 N–H and O–H groups in total. The van der Waals surface area contributed by atoms with E-state index in [1.165, 1.54) is 0 Å². The second-order valence-corrected chi connectivity index (χ2v) is 4.37. The highest BCUT2D eigenvalue weighted by molar-refractivity contribution is 9.10. The molecule has 0 saturated heterocycles. The minimum absolute atomic E-state index is 0.0836. The number of carbonyl (C=O) groups is 1. The molecule has 2 heterocycles. The van der Waals surface area contributed by atoms with E-state index >= 15 is 0 Å². The number of hydrogen-bond acceptors (Lipinski definition) is 4. The number of rotatable bonds is 4. The van der Waals surface area contributed by atoms with Crippen LogP contribution in [0.15, 0.2) is 41.1 Å². The Labute approximate surface area is 107 Å². The first-order valence-corrected chi connectivity index (χ1v) is 5.93. The molecular formula is C12H10BrN3O. The van der Waals surface area contributed by atoms with Crippen molar-refractivity contribution in [2.75, 3.05) is 0 Å². The van der Waals surface area contributed by atoms with Gasteiger partial charge in [-0.05, 0) is 40.2 Å². The van der Waals surface area contributed by atoms with E-state index in [1.54, 1.807) is 18.3 Å². The van der Waals surface area contributed by atoms with Crippen molar-refractivity contribution in [2.24, 2.45) is 0 Å². The third-order valence-corrected chi connectivity index (χ3v) is 2.59. The molecule has 0 aliphatic carbocycles. The van der Waals surface area contributed by atoms with Gasteiger partial charge in [-0.1, -0.05) is 6.07 Å². The van der Waals surface area contributed by atoms with Crippen LogP contribution in [0.25, 0.3) is 0 Å². The molecule has 0 aliphatic rings. The minimum atomic E-state index is 0.0836. The number of hydrogen-bond donors (Lipinski definition) is 0. The van der Waals surface area contributed by atoms with Crippen LogP contribution in [0, 0.1) is 0 Å². The normalized spacial score (nSPS) is 10.2. The van der Waals surface area contributed by atoms with E-state index in [2.05, 4.69) is 31.1 Å². The van der Waals surface area contributed by atoms with Crippen molar-refractivity contribution in [3.05, 3.63) is 52.5 Å². The maximum atomic E-state index is 11.7. The summed E-state index contributed by atoms with van der Waals surface area (Å²) in [5.74, 6) is 0.0836. The van der Waals surface area contributed by atoms with Gasteiger partial charge >= 0.3 is 0 Å². The highest BCUT2D eigenvalue weighted by Crippen LogP contribution is 2.05. The molecule has 17 heavy (non-hydrogen) atoms. The van der Waals surface area contributed by atoms with Crippen molar-refractivity contribution in [2.45, 2.75) is 12.8 Å². The Balaban J connectivity index is 1.96. The van der Waals surface area contributed by atoms with Crippen LogP contribution in [-0.4, -0.2) is 21.0 Å². The van der Waals surface area contributed by atoms with Crippen LogP contribution >= 0.6 is 15.9 Å². The summed E-state index contributed by atoms with van der Waals surface area (Å²) in [5.41, 5.74) is 1.46. The zero-order valence-electron chi connectivity index (χ0n) is 9.01. The lowest BCUT2D eigenvalue weighted by molar-refractivity contribution is -0.117. The second-order valence-electron chi connectivity index (χ2n) is 3.56. The van der Waals surface area contributed by atoms with Gasteiger partial charge in [-0.3, -0.25) is 9.78 Å². The molecule has 0 unspecified atom stereocenters. The highest BCUT2D eigenvalue weighted by atomic mass is 79.9. The Hall–Kier alpha value is -1.62. The maximum Gasteiger partial charge on any atom is 0.144 e. The molecule has 0 aromatic carbocycles. The average molecular weight is 292 g/mol. The van der Waals surface area contributed by atoms with Crippen LogP contribution in [0.1, 0.15) is 11.4 Å². The number of Topliss-reactive ketones (excluding diaryl/α,β-unsaturated/α-hetero) is 1. The van der Waals surface area contributed by atoms with Crippen molar-refractivity contribution in [1.29, 1.82) is 0 Å². The summed E-state index contributed by atoms with van der Waals surface area (Å²) < 4.78 is 0.665. The Morgan fingerprint density at radius 2 is 1.88 bits per heavy atom. The predicted molar refractivity (Wildman–Crippen MR) is 66.4 cm³/mol. The van der Waals surface area contributed by atoms with E-state index in [4.69, 9.17) is 0 Å². The van der Waals surface area contributed by atoms with Crippen LogP contribution in [0.5, 0.6) is 0 Å². The van der Waals surface area contributed by atoms with E-state index in [0.717, 1.165) is 5.69 Å². The van der Waals surface area contributed by atoms with E-state index in [0.29, 0.717) is 16.7 Å². The fraction of sp³-hybridized carbons (Fsp3) is 0.167. The number of ketones is 1. The lowest BCUT2D eigenvalue weighted by Gasteiger charge is -2.00. The van der Waals surface area contributed by atoms with Crippen molar-refractivity contribution in [1.82, 2.24) is 15.2 Å². The lowest BCUT2D eigenvalue weighted by atomic mass is 10.1. The predicted octanol–water partition coefficient (Wildman–Crippen LogP) is 1.99. The van der Waals surface area contributed by atoms with Gasteiger partial charge in [0.25, 0.3) is 0 Å². The Kier molecular flexibility index (Phi) is 3.93. The molecule has 0 atom stereocenters. The van der Waals surface area contributed by atoms with Gasteiger partial charge in [0.15, 0.2) is 0 Å². The Bertz CT molecular complexity index is 499. The van der Waals surface area contributed by atoms with Gasteiger partial charge in [-0.2, -0.15) is 5.10 Å². The summed E-state index contributed by atoms with van der Waals surface area (Å²) in [4.78, 5) is 15.9. The highest BCUT2D eigenvalue weighted by Gasteiger charge is 2.07. The molecule has 0 spiro atoms. The summed E-state index contributed by atoms with van der Waals surface area (Å²) in [6, 6.07) is 9.10. The topological polar surface area (TPSA) is 55.7 Å². The second kappa shape index (κ2) is 5.63. The molecule has 2 rings (SSSR count). The minimum Gasteiger partial charge on any atom is -0.299 e. The van der Waals surface area contributed by atoms with E-state index < -0.39 is 0 Å². The molecule has 0 bridgehead atoms. The molecule has 0 saturated carbocycles. The fourth-order valence-electron chi connectivity index (χ4n) is 1.41. The number of carbonyl (C=O) groups excluding carboxylic acids is 1. The molecule has 2 aromatic heterocycles. The number of aromatic nitrogens is 3. The smallest absolute Gasteiger partial charge is 0.144 e. The van der Waals surface area contributed by atoms with Gasteiger partial charge in [0, 0.05) is 18.3 Å². The summed E-state index contributed by atoms with van der Waals surface area (Å²) in [6.07, 6.45) is 2.30. The van der Waals surface area contributed by atoms with Crippen molar-refractivity contribution in [3.63, 3.8) is 0 Å². The standard InChI is InChI=1S/C12H10BrN3O/c13-12-5-4-10(15-16-12)8-11(17)7-9-3-1-2-6-14-9/h1-6H,7-8H2. The molecule has 0 radical (unpaired) electrons. The first-order chi connectivity index (χ1) is 8.24. The summed E-state index contributed by atoms with van der Waals surface area (Å²) >= 11 is 3.20. The largest absolute Gasteiger partial charge is 0.299 e. The molecule has 4 nitrogen and oxygen atoms in total. The summed E-state index contributed by atoms with van der Waals surface area (Å²) in [7, 11) is 0. The van der Waals surface area contributed by atoms with E-state index in [-0.39, 0.29) is 12.2 Å². The Morgan fingerprint density at radius 3 is 2.53 bits per heavy atom. The SMILES string of the molecule is O=C(Cc1ccccn1)Cc1ccc(Br)nn1. The van der Waals surface area contributed by atoms with Gasteiger partial charge < -0.3 is 0 Å². The third kappa shape index (κ3) is 3.71. The van der Waals surface area contributed by atoms with Crippen LogP contribution < -0.4 is 0 Å². The van der Waals surface area contributed by atoms with Crippen LogP contribution in [-0.2, 0) is 17.6 Å². The van der Waals surface area contributed by atoms with Crippen LogP contribution in [0.3, 0.4) is 0 Å². The molecule has 2 aromatic rings. The fourth-order valence-corrected chi connectivity index (χ4v) is 1.62. The monoisotopic (exact) mass is 291 g/mol. The number of nitrogens with zero attached hydrogens (tertiary/aromatic N) is 3. The first-order valence-electron chi connectivity index (χ1n) is 5.14. The summed E-state index contributed by atoms with van der Waals surface area (Å²) in [5, 5.41) is 7.76. The number of pyridine rings is 1. The van der Waals surface area contributed by atoms with Gasteiger partial charge in [0.1, 0.15) is 10.4 Å². The molecular weight excluding hydrogens is 282 g/mol. The van der Waals surface area contributed by atoms with Gasteiger partial charge in [-0.25, -0.2) is 0 Å². The summed E-state index contributed by atoms with van der Waals surface area (Å²) in [6.45, 7) is 0. The van der Waals surface area contributed by atoms with Crippen LogP contribution in [0.2, 0.25) is 0 Å². The molecule has 0 fully saturated rings. The third-order valence-electron chi connectivity index (χ3n) is 2.17. The van der Waals surface area contributed by atoms with Crippen molar-refractivity contribution < 1.29 is 4.79 Å². The zero-order chi connectivity index (χ0) is 12.1. The molecule has 0 amide bonds. The van der Waals surface area contributed by atoms with Crippen LogP contribution in [0.4, 0.5) is 0 Å². The number of halogens is 1. The first kappa shape index (κ1) is 11.9. The molecule has 0 aliphatic heterocycles. The van der Waals surface area contributed by atoms with Crippen molar-refractivity contribution >= 4 is 21.7 Å². The molecule has 5 heteroatoms. The zero-order valence-corrected chi connectivity index (χ0v) is 10.6. The van der Waals surface area contributed by atoms with E-state index in [9.17, 15) is 4.79 Å².